The van der Waals surface area contributed by atoms with Gasteiger partial charge >= 0.3 is 0 Å². The van der Waals surface area contributed by atoms with E-state index in [1.54, 1.807) is 30.3 Å². The van der Waals surface area contributed by atoms with Gasteiger partial charge in [-0.05, 0) is 54.4 Å². The van der Waals surface area contributed by atoms with E-state index < -0.39 is 0 Å². The summed E-state index contributed by atoms with van der Waals surface area (Å²) in [6.45, 7) is 1.81. The average Bonchev–Trinajstić information content (AvgIpc) is 2.64. The molecule has 0 bridgehead atoms. The van der Waals surface area contributed by atoms with Gasteiger partial charge in [-0.25, -0.2) is 0 Å². The minimum Gasteiger partial charge on any atom is -0.326 e. The normalized spacial score (nSPS) is 10.3. The molecule has 2 amide bonds. The molecule has 0 aliphatic carbocycles. The number of halogens is 1. The Hall–Kier alpha value is -3.11. The molecule has 0 heterocycles. The number of nitrogens with one attached hydrogen (secondary N) is 2. The van der Waals surface area contributed by atoms with Gasteiger partial charge in [0, 0.05) is 22.0 Å². The van der Waals surface area contributed by atoms with Crippen molar-refractivity contribution in [2.45, 2.75) is 13.3 Å². The highest BCUT2D eigenvalue weighted by Gasteiger charge is 2.14. The molecule has 0 aliphatic heterocycles. The van der Waals surface area contributed by atoms with Crippen LogP contribution in [0.25, 0.3) is 0 Å². The van der Waals surface area contributed by atoms with E-state index in [0.29, 0.717) is 21.8 Å². The van der Waals surface area contributed by atoms with Crippen LogP contribution < -0.4 is 10.6 Å². The zero-order valence-electron chi connectivity index (χ0n) is 14.8. The molecule has 0 unspecified atom stereocenters. The van der Waals surface area contributed by atoms with Gasteiger partial charge in [-0.15, -0.1) is 0 Å². The summed E-state index contributed by atoms with van der Waals surface area (Å²) in [4.78, 5) is 24.9. The second kappa shape index (κ2) is 8.52. The van der Waals surface area contributed by atoms with Gasteiger partial charge in [0.05, 0.1) is 6.42 Å². The minimum absolute atomic E-state index is 0.166. The zero-order valence-corrected chi connectivity index (χ0v) is 15.6. The molecule has 136 valence electrons. The van der Waals surface area contributed by atoms with Crippen LogP contribution in [0.15, 0.2) is 72.8 Å². The van der Waals surface area contributed by atoms with Crippen molar-refractivity contribution in [3.8, 4) is 0 Å². The van der Waals surface area contributed by atoms with E-state index >= 15 is 0 Å². The topological polar surface area (TPSA) is 58.2 Å². The van der Waals surface area contributed by atoms with Crippen LogP contribution in [0.3, 0.4) is 0 Å². The van der Waals surface area contributed by atoms with Crippen molar-refractivity contribution in [2.75, 3.05) is 10.6 Å². The van der Waals surface area contributed by atoms with E-state index in [9.17, 15) is 9.59 Å². The highest BCUT2D eigenvalue weighted by Crippen LogP contribution is 2.21. The molecule has 0 atom stereocenters. The fourth-order valence-electron chi connectivity index (χ4n) is 2.76. The quantitative estimate of drug-likeness (QED) is 0.650. The Morgan fingerprint density at radius 3 is 2.37 bits per heavy atom. The van der Waals surface area contributed by atoms with Crippen molar-refractivity contribution in [1.82, 2.24) is 0 Å². The predicted molar refractivity (Wildman–Crippen MR) is 109 cm³/mol. The Labute approximate surface area is 163 Å². The fraction of sp³-hybridized carbons (Fsp3) is 0.0909. The van der Waals surface area contributed by atoms with Crippen LogP contribution in [0, 0.1) is 6.92 Å². The highest BCUT2D eigenvalue weighted by molar-refractivity contribution is 6.30. The summed E-state index contributed by atoms with van der Waals surface area (Å²) < 4.78 is 0. The molecule has 2 N–H and O–H groups in total. The smallest absolute Gasteiger partial charge is 0.256 e. The number of carbonyl (C=O) groups is 2. The first-order valence-electron chi connectivity index (χ1n) is 8.53. The standard InChI is InChI=1S/C22H19ClN2O2/c1-15-19(22(27)24-18-9-3-2-4-10-18)11-6-12-20(15)25-21(26)14-16-7-5-8-17(23)13-16/h2-13H,14H2,1H3,(H,24,27)(H,25,26). The third-order valence-electron chi connectivity index (χ3n) is 4.14. The summed E-state index contributed by atoms with van der Waals surface area (Å²) in [6.07, 6.45) is 0.209. The molecule has 4 nitrogen and oxygen atoms in total. The Balaban J connectivity index is 1.72. The van der Waals surface area contributed by atoms with Crippen LogP contribution in [-0.4, -0.2) is 11.8 Å². The van der Waals surface area contributed by atoms with Gasteiger partial charge in [0.25, 0.3) is 5.91 Å². The third-order valence-corrected chi connectivity index (χ3v) is 4.37. The maximum Gasteiger partial charge on any atom is 0.256 e. The summed E-state index contributed by atoms with van der Waals surface area (Å²) in [7, 11) is 0. The number of carbonyl (C=O) groups excluding carboxylic acids is 2. The maximum atomic E-state index is 12.6. The Morgan fingerprint density at radius 2 is 1.63 bits per heavy atom. The summed E-state index contributed by atoms with van der Waals surface area (Å²) in [6, 6.07) is 21.7. The van der Waals surface area contributed by atoms with Crippen LogP contribution in [0.5, 0.6) is 0 Å². The number of anilines is 2. The highest BCUT2D eigenvalue weighted by atomic mass is 35.5. The van der Waals surface area contributed by atoms with Gasteiger partial charge in [-0.2, -0.15) is 0 Å². The van der Waals surface area contributed by atoms with E-state index in [1.165, 1.54) is 0 Å². The van der Waals surface area contributed by atoms with Gasteiger partial charge in [0.1, 0.15) is 0 Å². The van der Waals surface area contributed by atoms with E-state index in [2.05, 4.69) is 10.6 Å². The Bertz CT molecular complexity index is 971. The third kappa shape index (κ3) is 4.96. The van der Waals surface area contributed by atoms with Crippen LogP contribution in [-0.2, 0) is 11.2 Å². The molecule has 0 radical (unpaired) electrons. The van der Waals surface area contributed by atoms with Gasteiger partial charge in [0.2, 0.25) is 5.91 Å². The second-order valence-electron chi connectivity index (χ2n) is 6.15. The van der Waals surface area contributed by atoms with Gasteiger partial charge in [0.15, 0.2) is 0 Å². The zero-order chi connectivity index (χ0) is 19.2. The van der Waals surface area contributed by atoms with Crippen molar-refractivity contribution in [1.29, 1.82) is 0 Å². The van der Waals surface area contributed by atoms with Crippen molar-refractivity contribution < 1.29 is 9.59 Å². The number of rotatable bonds is 5. The number of hydrogen-bond acceptors (Lipinski definition) is 2. The molecule has 5 heteroatoms. The van der Waals surface area contributed by atoms with Gasteiger partial charge < -0.3 is 10.6 Å². The molecule has 27 heavy (non-hydrogen) atoms. The SMILES string of the molecule is Cc1c(NC(=O)Cc2cccc(Cl)c2)cccc1C(=O)Nc1ccccc1. The predicted octanol–water partition coefficient (Wildman–Crippen LogP) is 5.08. The molecule has 0 saturated heterocycles. The average molecular weight is 379 g/mol. The minimum atomic E-state index is -0.218. The Morgan fingerprint density at radius 1 is 0.889 bits per heavy atom. The lowest BCUT2D eigenvalue weighted by Gasteiger charge is -2.13. The van der Waals surface area contributed by atoms with E-state index in [0.717, 1.165) is 11.3 Å². The summed E-state index contributed by atoms with van der Waals surface area (Å²) >= 11 is 5.96. The molecule has 0 spiro atoms. The van der Waals surface area contributed by atoms with Gasteiger partial charge in [-0.3, -0.25) is 9.59 Å². The van der Waals surface area contributed by atoms with E-state index in [1.807, 2.05) is 49.4 Å². The van der Waals surface area contributed by atoms with E-state index in [-0.39, 0.29) is 18.2 Å². The summed E-state index contributed by atoms with van der Waals surface area (Å²) in [5, 5.41) is 6.33. The lowest BCUT2D eigenvalue weighted by atomic mass is 10.1. The number of hydrogen-bond donors (Lipinski definition) is 2. The molecule has 3 aromatic rings. The molecular formula is C22H19ClN2O2. The first-order valence-corrected chi connectivity index (χ1v) is 8.91. The molecular weight excluding hydrogens is 360 g/mol. The maximum absolute atomic E-state index is 12.6. The lowest BCUT2D eigenvalue weighted by molar-refractivity contribution is -0.115. The van der Waals surface area contributed by atoms with Crippen LogP contribution in [0.2, 0.25) is 5.02 Å². The largest absolute Gasteiger partial charge is 0.326 e. The van der Waals surface area contributed by atoms with Gasteiger partial charge in [-0.1, -0.05) is 48.0 Å². The first-order chi connectivity index (χ1) is 13.0. The Kier molecular flexibility index (Phi) is 5.89. The summed E-state index contributed by atoms with van der Waals surface area (Å²) in [5.74, 6) is -0.384. The van der Waals surface area contributed by atoms with Crippen LogP contribution in [0.4, 0.5) is 11.4 Å². The van der Waals surface area contributed by atoms with Crippen LogP contribution in [0.1, 0.15) is 21.5 Å². The molecule has 3 rings (SSSR count). The molecule has 0 aliphatic rings. The number of amides is 2. The lowest BCUT2D eigenvalue weighted by Crippen LogP contribution is -2.18. The number of benzene rings is 3. The monoisotopic (exact) mass is 378 g/mol. The summed E-state index contributed by atoms with van der Waals surface area (Å²) in [5.41, 5.74) is 3.39. The molecule has 0 aromatic heterocycles. The molecule has 3 aromatic carbocycles. The number of para-hydroxylation sites is 1. The van der Waals surface area contributed by atoms with Crippen LogP contribution >= 0.6 is 11.6 Å². The van der Waals surface area contributed by atoms with Crippen molar-refractivity contribution in [2.24, 2.45) is 0 Å². The van der Waals surface area contributed by atoms with Crippen molar-refractivity contribution in [3.05, 3.63) is 94.5 Å². The molecule has 0 saturated carbocycles. The molecule has 0 fully saturated rings. The second-order valence-corrected chi connectivity index (χ2v) is 6.59. The van der Waals surface area contributed by atoms with E-state index in [4.69, 9.17) is 11.6 Å². The first kappa shape index (κ1) is 18.7. The fourth-order valence-corrected chi connectivity index (χ4v) is 2.98. The van der Waals surface area contributed by atoms with Crippen molar-refractivity contribution in [3.63, 3.8) is 0 Å². The van der Waals surface area contributed by atoms with Crippen molar-refractivity contribution >= 4 is 34.8 Å².